The summed E-state index contributed by atoms with van der Waals surface area (Å²) < 4.78 is 4.68. The van der Waals surface area contributed by atoms with E-state index in [-0.39, 0.29) is 11.9 Å². The third kappa shape index (κ3) is 1.14. The molecule has 3 rings (SSSR count). The van der Waals surface area contributed by atoms with Gasteiger partial charge in [0.25, 0.3) is 0 Å². The van der Waals surface area contributed by atoms with E-state index >= 15 is 0 Å². The summed E-state index contributed by atoms with van der Waals surface area (Å²) in [6.07, 6.45) is 1.61. The molecule has 3 nitrogen and oxygen atoms in total. The molecule has 0 amide bonds. The minimum absolute atomic E-state index is 0.0320. The third-order valence-electron chi connectivity index (χ3n) is 3.68. The molecule has 2 atom stereocenters. The lowest BCUT2D eigenvalue weighted by atomic mass is 9.89. The van der Waals surface area contributed by atoms with Crippen molar-refractivity contribution in [3.05, 3.63) is 34.9 Å². The largest absolute Gasteiger partial charge is 0.465 e. The molecule has 0 saturated heterocycles. The average molecular weight is 216 g/mol. The molecule has 1 aromatic rings. The molecule has 0 aliphatic heterocycles. The van der Waals surface area contributed by atoms with Crippen molar-refractivity contribution < 1.29 is 14.3 Å². The first-order valence-electron chi connectivity index (χ1n) is 5.45. The van der Waals surface area contributed by atoms with Gasteiger partial charge in [-0.05, 0) is 35.6 Å². The van der Waals surface area contributed by atoms with E-state index in [1.54, 1.807) is 6.07 Å². The van der Waals surface area contributed by atoms with Crippen LogP contribution in [0.3, 0.4) is 0 Å². The molecule has 0 aromatic heterocycles. The molecule has 3 heteroatoms. The van der Waals surface area contributed by atoms with Crippen LogP contribution in [0.25, 0.3) is 0 Å². The molecule has 1 aromatic carbocycles. The van der Waals surface area contributed by atoms with Crippen molar-refractivity contribution in [3.63, 3.8) is 0 Å². The summed E-state index contributed by atoms with van der Waals surface area (Å²) in [4.78, 5) is 23.0. The Labute approximate surface area is 93.4 Å². The Morgan fingerprint density at radius 1 is 1.38 bits per heavy atom. The van der Waals surface area contributed by atoms with Crippen molar-refractivity contribution in [2.45, 2.75) is 24.7 Å². The summed E-state index contributed by atoms with van der Waals surface area (Å²) in [5.74, 6) is 0.404. The maximum Gasteiger partial charge on any atom is 0.337 e. The fourth-order valence-corrected chi connectivity index (χ4v) is 2.91. The van der Waals surface area contributed by atoms with Gasteiger partial charge in [-0.1, -0.05) is 6.07 Å². The van der Waals surface area contributed by atoms with Gasteiger partial charge in [0.15, 0.2) is 0 Å². The molecule has 2 aliphatic carbocycles. The summed E-state index contributed by atoms with van der Waals surface area (Å²) in [6, 6.07) is 5.58. The van der Waals surface area contributed by atoms with Crippen molar-refractivity contribution in [2.24, 2.45) is 0 Å². The van der Waals surface area contributed by atoms with Crippen molar-refractivity contribution in [2.75, 3.05) is 7.11 Å². The van der Waals surface area contributed by atoms with E-state index in [9.17, 15) is 9.59 Å². The van der Waals surface area contributed by atoms with Crippen LogP contribution in [-0.4, -0.2) is 18.9 Å². The summed E-state index contributed by atoms with van der Waals surface area (Å²) in [5.41, 5.74) is 2.84. The van der Waals surface area contributed by atoms with Crippen LogP contribution in [0.2, 0.25) is 0 Å². The first-order valence-corrected chi connectivity index (χ1v) is 5.45. The predicted octanol–water partition coefficient (Wildman–Crippen LogP) is 2.02. The van der Waals surface area contributed by atoms with Crippen molar-refractivity contribution in [1.29, 1.82) is 0 Å². The van der Waals surface area contributed by atoms with Gasteiger partial charge in [0.1, 0.15) is 5.78 Å². The highest BCUT2D eigenvalue weighted by molar-refractivity contribution is 5.94. The first kappa shape index (κ1) is 9.58. The highest BCUT2D eigenvalue weighted by Crippen LogP contribution is 2.51. The van der Waals surface area contributed by atoms with E-state index in [0.717, 1.165) is 12.0 Å². The minimum atomic E-state index is -0.335. The molecule has 2 unspecified atom stereocenters. The van der Waals surface area contributed by atoms with Gasteiger partial charge in [-0.3, -0.25) is 4.79 Å². The van der Waals surface area contributed by atoms with Gasteiger partial charge < -0.3 is 4.74 Å². The monoisotopic (exact) mass is 216 g/mol. The van der Waals surface area contributed by atoms with Crippen LogP contribution < -0.4 is 0 Å². The Kier molecular flexibility index (Phi) is 1.90. The zero-order valence-electron chi connectivity index (χ0n) is 9.03. The lowest BCUT2D eigenvalue weighted by molar-refractivity contribution is -0.118. The van der Waals surface area contributed by atoms with Crippen LogP contribution in [0.15, 0.2) is 18.2 Å². The summed E-state index contributed by atoms with van der Waals surface area (Å²) in [7, 11) is 1.37. The minimum Gasteiger partial charge on any atom is -0.465 e. The van der Waals surface area contributed by atoms with Gasteiger partial charge in [0.2, 0.25) is 0 Å². The lowest BCUT2D eigenvalue weighted by Gasteiger charge is -2.14. The van der Waals surface area contributed by atoms with Gasteiger partial charge in [-0.25, -0.2) is 4.79 Å². The number of ether oxygens (including phenoxy) is 1. The number of hydrogen-bond donors (Lipinski definition) is 0. The Balaban J connectivity index is 2.07. The first-order chi connectivity index (χ1) is 7.70. The van der Waals surface area contributed by atoms with Crippen molar-refractivity contribution in [3.8, 4) is 0 Å². The molecule has 2 bridgehead atoms. The van der Waals surface area contributed by atoms with Crippen LogP contribution in [0.5, 0.6) is 0 Å². The Morgan fingerprint density at radius 2 is 2.19 bits per heavy atom. The van der Waals surface area contributed by atoms with Gasteiger partial charge >= 0.3 is 5.97 Å². The summed E-state index contributed by atoms with van der Waals surface area (Å²) in [6.45, 7) is 0. The molecule has 82 valence electrons. The quantitative estimate of drug-likeness (QED) is 0.674. The molecule has 2 aliphatic rings. The number of Topliss-reactive ketones (excluding diaryl/α,β-unsaturated/α-hetero) is 1. The van der Waals surface area contributed by atoms with E-state index in [1.807, 2.05) is 12.1 Å². The molecular formula is C13H12O3. The lowest BCUT2D eigenvalue weighted by Crippen LogP contribution is -2.11. The smallest absolute Gasteiger partial charge is 0.337 e. The Morgan fingerprint density at radius 3 is 2.94 bits per heavy atom. The fraction of sp³-hybridized carbons (Fsp3) is 0.385. The third-order valence-corrected chi connectivity index (χ3v) is 3.68. The normalized spacial score (nSPS) is 25.7. The van der Waals surface area contributed by atoms with E-state index < -0.39 is 0 Å². The number of rotatable bonds is 1. The van der Waals surface area contributed by atoms with E-state index in [0.29, 0.717) is 23.7 Å². The molecule has 0 spiro atoms. The summed E-state index contributed by atoms with van der Waals surface area (Å²) in [5, 5.41) is 0. The molecule has 1 saturated carbocycles. The van der Waals surface area contributed by atoms with Crippen LogP contribution in [-0.2, 0) is 9.53 Å². The predicted molar refractivity (Wildman–Crippen MR) is 57.5 cm³/mol. The van der Waals surface area contributed by atoms with E-state index in [1.165, 1.54) is 12.7 Å². The maximum atomic E-state index is 11.6. The number of methoxy groups -OCH3 is 1. The van der Waals surface area contributed by atoms with Gasteiger partial charge in [0.05, 0.1) is 12.7 Å². The number of esters is 1. The number of carbonyl (C=O) groups excluding carboxylic acids is 2. The zero-order valence-corrected chi connectivity index (χ0v) is 9.03. The second kappa shape index (κ2) is 3.17. The Hall–Kier alpha value is -1.64. The van der Waals surface area contributed by atoms with E-state index in [4.69, 9.17) is 0 Å². The maximum absolute atomic E-state index is 11.6. The van der Waals surface area contributed by atoms with Crippen molar-refractivity contribution in [1.82, 2.24) is 0 Å². The number of ketones is 1. The molecule has 0 heterocycles. The van der Waals surface area contributed by atoms with Crippen LogP contribution in [0, 0.1) is 0 Å². The SMILES string of the molecule is COC(=O)c1ccc2c(c1)C1CC2CC1=O. The van der Waals surface area contributed by atoms with Gasteiger partial charge in [-0.2, -0.15) is 0 Å². The van der Waals surface area contributed by atoms with E-state index in [2.05, 4.69) is 4.74 Å². The second-order valence-electron chi connectivity index (χ2n) is 4.49. The summed E-state index contributed by atoms with van der Waals surface area (Å²) >= 11 is 0. The zero-order chi connectivity index (χ0) is 11.3. The number of benzene rings is 1. The molecule has 16 heavy (non-hydrogen) atoms. The standard InChI is InChI=1S/C13H12O3/c1-16-13(15)7-2-3-9-8-5-11(10(9)4-7)12(14)6-8/h2-4,8,11H,5-6H2,1H3. The van der Waals surface area contributed by atoms with Gasteiger partial charge in [0, 0.05) is 12.3 Å². The van der Waals surface area contributed by atoms with Gasteiger partial charge in [-0.15, -0.1) is 0 Å². The second-order valence-corrected chi connectivity index (χ2v) is 4.49. The molecule has 1 fully saturated rings. The number of fused-ring (bicyclic) bond motifs is 5. The average Bonchev–Trinajstić information content (AvgIpc) is 2.84. The van der Waals surface area contributed by atoms with Crippen molar-refractivity contribution >= 4 is 11.8 Å². The molecular weight excluding hydrogens is 204 g/mol. The molecule has 0 radical (unpaired) electrons. The highest BCUT2D eigenvalue weighted by Gasteiger charge is 2.42. The van der Waals surface area contributed by atoms with Crippen LogP contribution >= 0.6 is 0 Å². The fourth-order valence-electron chi connectivity index (χ4n) is 2.91. The Bertz CT molecular complexity index is 490. The topological polar surface area (TPSA) is 43.4 Å². The number of carbonyl (C=O) groups is 2. The van der Waals surface area contributed by atoms with Crippen LogP contribution in [0.1, 0.15) is 46.2 Å². The molecule has 0 N–H and O–H groups in total. The number of hydrogen-bond acceptors (Lipinski definition) is 3. The highest BCUT2D eigenvalue weighted by atomic mass is 16.5. The van der Waals surface area contributed by atoms with Crippen LogP contribution in [0.4, 0.5) is 0 Å².